The van der Waals surface area contributed by atoms with E-state index in [1.54, 1.807) is 39.8 Å². The third-order valence-electron chi connectivity index (χ3n) is 10.4. The Morgan fingerprint density at radius 1 is 0.869 bits per heavy atom. The van der Waals surface area contributed by atoms with Crippen LogP contribution >= 0.6 is 0 Å². The normalized spacial score (nSPS) is 16.5. The number of likely N-dealkylation sites (tertiary alicyclic amines) is 1. The van der Waals surface area contributed by atoms with Gasteiger partial charge in [0, 0.05) is 44.7 Å². The van der Waals surface area contributed by atoms with Crippen molar-refractivity contribution in [2.75, 3.05) is 13.1 Å². The molecule has 0 saturated carbocycles. The highest BCUT2D eigenvalue weighted by Gasteiger charge is 2.40. The SMILES string of the molecule is CC[C@H](C)[C@H](NC(=O)[C@H](Cc1ccc(O)cc1)NC(=O)[C@@H](NC(=O)[C@H](CCCN=C(N)N)NC(=O)C(C)=O)C(C)C)C(=O)N[C@@H](Cc1cnc[nH]1)C(=O)N1CCC[C@H]1C(=O)O. The summed E-state index contributed by atoms with van der Waals surface area (Å²) in [5, 5.41) is 32.8. The van der Waals surface area contributed by atoms with Crippen molar-refractivity contribution in [1.82, 2.24) is 41.5 Å². The highest BCUT2D eigenvalue weighted by molar-refractivity contribution is 6.35. The van der Waals surface area contributed by atoms with Gasteiger partial charge >= 0.3 is 5.97 Å². The van der Waals surface area contributed by atoms with Crippen LogP contribution in [0.5, 0.6) is 5.75 Å². The number of phenolic OH excluding ortho intramolecular Hbond substituents is 1. The Hall–Kier alpha value is -6.54. The van der Waals surface area contributed by atoms with Crippen LogP contribution in [0.25, 0.3) is 0 Å². The molecule has 21 heteroatoms. The van der Waals surface area contributed by atoms with Crippen LogP contribution in [0.1, 0.15) is 78.0 Å². The second kappa shape index (κ2) is 23.3. The molecule has 0 aliphatic carbocycles. The number of carbonyl (C=O) groups excluding carboxylic acids is 7. The third-order valence-corrected chi connectivity index (χ3v) is 10.4. The van der Waals surface area contributed by atoms with Gasteiger partial charge in [-0.2, -0.15) is 0 Å². The van der Waals surface area contributed by atoms with Crippen molar-refractivity contribution in [2.24, 2.45) is 28.3 Å². The van der Waals surface area contributed by atoms with E-state index >= 15 is 0 Å². The predicted molar refractivity (Wildman–Crippen MR) is 221 cm³/mol. The quantitative estimate of drug-likeness (QED) is 0.0271. The Kier molecular flexibility index (Phi) is 18.7. The van der Waals surface area contributed by atoms with E-state index in [0.717, 1.165) is 6.92 Å². The number of aromatic hydroxyl groups is 1. The number of aromatic amines is 1. The van der Waals surface area contributed by atoms with Gasteiger partial charge in [-0.05, 0) is 55.2 Å². The van der Waals surface area contributed by atoms with Crippen molar-refractivity contribution in [3.05, 3.63) is 48.0 Å². The van der Waals surface area contributed by atoms with Gasteiger partial charge in [-0.15, -0.1) is 0 Å². The third kappa shape index (κ3) is 14.9. The summed E-state index contributed by atoms with van der Waals surface area (Å²) in [4.78, 5) is 118. The van der Waals surface area contributed by atoms with Gasteiger partial charge in [0.05, 0.1) is 6.33 Å². The number of carboxylic acids is 1. The number of carboxylic acid groups (broad SMARTS) is 1. The maximum atomic E-state index is 14.3. The molecule has 0 radical (unpaired) electrons. The molecule has 2 aromatic rings. The molecule has 3 rings (SSSR count). The van der Waals surface area contributed by atoms with E-state index in [2.05, 4.69) is 41.5 Å². The van der Waals surface area contributed by atoms with Crippen molar-refractivity contribution >= 4 is 53.2 Å². The molecule has 1 saturated heterocycles. The van der Waals surface area contributed by atoms with Gasteiger partial charge in [0.2, 0.25) is 35.3 Å². The van der Waals surface area contributed by atoms with Crippen LogP contribution in [0.15, 0.2) is 41.8 Å². The van der Waals surface area contributed by atoms with Crippen LogP contribution < -0.4 is 38.1 Å². The monoisotopic (exact) mass is 853 g/mol. The predicted octanol–water partition coefficient (Wildman–Crippen LogP) is -1.26. The van der Waals surface area contributed by atoms with E-state index in [1.807, 2.05) is 0 Å². The molecule has 1 aliphatic rings. The minimum Gasteiger partial charge on any atom is -0.508 e. The zero-order valence-corrected chi connectivity index (χ0v) is 35.1. The number of imidazole rings is 1. The first kappa shape index (κ1) is 48.8. The lowest BCUT2D eigenvalue weighted by molar-refractivity contribution is -0.149. The molecule has 1 aromatic carbocycles. The Bertz CT molecular complexity index is 1880. The van der Waals surface area contributed by atoms with Crippen LogP contribution in [0.3, 0.4) is 0 Å². The highest BCUT2D eigenvalue weighted by Crippen LogP contribution is 2.20. The Balaban J connectivity index is 1.90. The van der Waals surface area contributed by atoms with Crippen LogP contribution in [0, 0.1) is 11.8 Å². The molecule has 334 valence electrons. The molecule has 2 heterocycles. The average Bonchev–Trinajstić information content (AvgIpc) is 3.92. The lowest BCUT2D eigenvalue weighted by atomic mass is 9.96. The number of carbonyl (C=O) groups is 8. The molecule has 7 atom stereocenters. The lowest BCUT2D eigenvalue weighted by Crippen LogP contribution is -2.61. The summed E-state index contributed by atoms with van der Waals surface area (Å²) in [5.41, 5.74) is 11.8. The Labute approximate surface area is 353 Å². The summed E-state index contributed by atoms with van der Waals surface area (Å²) in [6.45, 7) is 8.13. The number of amides is 6. The number of hydrogen-bond donors (Lipinski definition) is 10. The number of phenols is 1. The van der Waals surface area contributed by atoms with Crippen molar-refractivity contribution < 1.29 is 48.6 Å². The first-order valence-corrected chi connectivity index (χ1v) is 20.2. The summed E-state index contributed by atoms with van der Waals surface area (Å²) in [7, 11) is 0. The number of nitrogens with one attached hydrogen (secondary N) is 6. The van der Waals surface area contributed by atoms with Crippen molar-refractivity contribution in [3.63, 3.8) is 0 Å². The number of aliphatic imine (C=N–C) groups is 1. The number of nitrogens with zero attached hydrogens (tertiary/aromatic N) is 3. The fraction of sp³-hybridized carbons (Fsp3) is 0.550. The number of rotatable bonds is 23. The number of ketones is 1. The molecule has 1 aliphatic heterocycles. The maximum Gasteiger partial charge on any atom is 0.326 e. The molecule has 0 bridgehead atoms. The minimum atomic E-state index is -1.36. The molecule has 21 nitrogen and oxygen atoms in total. The molecule has 6 amide bonds. The minimum absolute atomic E-state index is 0.00549. The van der Waals surface area contributed by atoms with E-state index < -0.39 is 95.3 Å². The summed E-state index contributed by atoms with van der Waals surface area (Å²) >= 11 is 0. The van der Waals surface area contributed by atoms with Gasteiger partial charge in [0.1, 0.15) is 42.0 Å². The van der Waals surface area contributed by atoms with Gasteiger partial charge in [0.25, 0.3) is 5.91 Å². The molecule has 0 unspecified atom stereocenters. The van der Waals surface area contributed by atoms with Crippen molar-refractivity contribution in [3.8, 4) is 5.75 Å². The molecular formula is C40H59N11O10. The Morgan fingerprint density at radius 2 is 1.49 bits per heavy atom. The van der Waals surface area contributed by atoms with Gasteiger partial charge in [-0.3, -0.25) is 38.6 Å². The summed E-state index contributed by atoms with van der Waals surface area (Å²) in [5.74, 6) is -8.02. The van der Waals surface area contributed by atoms with Crippen molar-refractivity contribution in [2.45, 2.75) is 116 Å². The number of guanidine groups is 1. The standard InChI is InChI=1S/C40H59N11O10/c1-6-22(4)32(37(58)48-29(18-25-19-43-20-45-25)38(59)51-16-8-10-30(51)39(60)61)50-35(56)28(17-24-11-13-26(53)14-12-24)47-36(57)31(21(2)3)49-34(55)27(46-33(54)23(5)52)9-7-15-44-40(41)42/h11-14,19-22,27-32,53H,6-10,15-18H2,1-5H3,(H,43,45)(H,46,54)(H,47,57)(H,48,58)(H,49,55)(H,50,56)(H,60,61)(H4,41,42,44)/t22-,27-,28-,29-,30-,31-,32-/m0/s1. The average molecular weight is 854 g/mol. The number of H-pyrrole nitrogens is 1. The second-order valence-corrected chi connectivity index (χ2v) is 15.4. The number of aromatic nitrogens is 2. The Morgan fingerprint density at radius 3 is 2.07 bits per heavy atom. The molecule has 0 spiro atoms. The van der Waals surface area contributed by atoms with Crippen LogP contribution in [-0.2, 0) is 51.2 Å². The van der Waals surface area contributed by atoms with E-state index in [1.165, 1.54) is 29.6 Å². The zero-order chi connectivity index (χ0) is 45.4. The lowest BCUT2D eigenvalue weighted by Gasteiger charge is -2.31. The van der Waals surface area contributed by atoms with E-state index in [4.69, 9.17) is 11.5 Å². The van der Waals surface area contributed by atoms with Crippen LogP contribution in [0.4, 0.5) is 0 Å². The fourth-order valence-corrected chi connectivity index (χ4v) is 6.68. The summed E-state index contributed by atoms with van der Waals surface area (Å²) in [6, 6.07) is -1.53. The van der Waals surface area contributed by atoms with Gasteiger partial charge in [-0.25, -0.2) is 9.78 Å². The number of hydrogen-bond acceptors (Lipinski definition) is 11. The first-order valence-electron chi connectivity index (χ1n) is 20.2. The topological polar surface area (TPSA) is 333 Å². The first-order chi connectivity index (χ1) is 28.8. The number of benzene rings is 1. The van der Waals surface area contributed by atoms with E-state index in [-0.39, 0.29) is 56.9 Å². The van der Waals surface area contributed by atoms with Gasteiger partial charge < -0.3 is 58.1 Å². The largest absolute Gasteiger partial charge is 0.508 e. The number of Topliss-reactive ketones (excluding diaryl/α,β-unsaturated/α-hetero) is 1. The molecule has 61 heavy (non-hydrogen) atoms. The molecule has 1 fully saturated rings. The molecule has 12 N–H and O–H groups in total. The number of aliphatic carboxylic acids is 1. The summed E-state index contributed by atoms with van der Waals surface area (Å²) in [6.07, 6.45) is 4.05. The van der Waals surface area contributed by atoms with Crippen LogP contribution in [0.2, 0.25) is 0 Å². The summed E-state index contributed by atoms with van der Waals surface area (Å²) < 4.78 is 0. The van der Waals surface area contributed by atoms with E-state index in [0.29, 0.717) is 24.1 Å². The smallest absolute Gasteiger partial charge is 0.326 e. The fourth-order valence-electron chi connectivity index (χ4n) is 6.68. The van der Waals surface area contributed by atoms with Gasteiger partial charge in [0.15, 0.2) is 5.96 Å². The molecule has 1 aromatic heterocycles. The second-order valence-electron chi connectivity index (χ2n) is 15.4. The van der Waals surface area contributed by atoms with Crippen molar-refractivity contribution in [1.29, 1.82) is 0 Å². The maximum absolute atomic E-state index is 14.3. The molecular weight excluding hydrogens is 795 g/mol. The highest BCUT2D eigenvalue weighted by atomic mass is 16.4. The number of nitrogens with two attached hydrogens (primary N) is 2. The van der Waals surface area contributed by atoms with E-state index in [9.17, 15) is 48.6 Å². The van der Waals surface area contributed by atoms with Crippen LogP contribution in [-0.4, -0.2) is 128 Å². The van der Waals surface area contributed by atoms with Gasteiger partial charge in [-0.1, -0.05) is 46.2 Å². The zero-order valence-electron chi connectivity index (χ0n) is 35.1.